The van der Waals surface area contributed by atoms with Crippen LogP contribution in [-0.2, 0) is 0 Å². The zero-order valence-electron chi connectivity index (χ0n) is 14.9. The predicted octanol–water partition coefficient (Wildman–Crippen LogP) is 4.80. The zero-order valence-corrected chi connectivity index (χ0v) is 15.8. The Morgan fingerprint density at radius 2 is 1.93 bits per heavy atom. The first-order valence-electron chi connectivity index (χ1n) is 8.78. The van der Waals surface area contributed by atoms with E-state index in [1.54, 1.807) is 30.6 Å². The van der Waals surface area contributed by atoms with Crippen LogP contribution < -0.4 is 10.1 Å². The van der Waals surface area contributed by atoms with Gasteiger partial charge in [-0.25, -0.2) is 0 Å². The summed E-state index contributed by atoms with van der Waals surface area (Å²) >= 11 is 1.70. The molecule has 27 heavy (non-hydrogen) atoms. The lowest BCUT2D eigenvalue weighted by molar-refractivity contribution is 0.0949. The molecule has 4 rings (SSSR count). The molecule has 1 unspecified atom stereocenters. The third-order valence-corrected chi connectivity index (χ3v) is 5.69. The van der Waals surface area contributed by atoms with Crippen molar-refractivity contribution in [3.05, 3.63) is 88.2 Å². The van der Waals surface area contributed by atoms with Crippen molar-refractivity contribution < 1.29 is 9.53 Å². The Morgan fingerprint density at radius 3 is 2.74 bits per heavy atom. The van der Waals surface area contributed by atoms with E-state index in [0.29, 0.717) is 17.9 Å². The predicted molar refractivity (Wildman–Crippen MR) is 110 cm³/mol. The summed E-state index contributed by atoms with van der Waals surface area (Å²) in [6.07, 6.45) is 2.05. The molecule has 0 saturated carbocycles. The Morgan fingerprint density at radius 1 is 1.11 bits per heavy atom. The van der Waals surface area contributed by atoms with E-state index in [-0.39, 0.29) is 11.8 Å². The second-order valence-electron chi connectivity index (χ2n) is 6.27. The molecule has 0 bridgehead atoms. The van der Waals surface area contributed by atoms with Crippen LogP contribution in [0.1, 0.15) is 26.7 Å². The average molecular weight is 376 g/mol. The molecule has 0 saturated heterocycles. The standard InChI is InChI=1S/C22H20N2O2S/c1-26-20-10-5-3-8-16(20)22(25)24-14-18(21-11-6-12-27-21)17-13-23-19-9-4-2-7-15(17)19/h2-13,18,23H,14H2,1H3,(H,24,25). The van der Waals surface area contributed by atoms with Gasteiger partial charge in [0.2, 0.25) is 0 Å². The Kier molecular flexibility index (Phi) is 4.94. The van der Waals surface area contributed by atoms with E-state index in [0.717, 1.165) is 5.52 Å². The SMILES string of the molecule is COc1ccccc1C(=O)NCC(c1cccs1)c1c[nH]c2ccccc12. The minimum atomic E-state index is -0.131. The number of thiophene rings is 1. The molecule has 0 spiro atoms. The molecular formula is C22H20N2O2S. The number of aromatic nitrogens is 1. The summed E-state index contributed by atoms with van der Waals surface area (Å²) in [4.78, 5) is 17.3. The highest BCUT2D eigenvalue weighted by molar-refractivity contribution is 7.10. The van der Waals surface area contributed by atoms with Gasteiger partial charge in [-0.1, -0.05) is 36.4 Å². The van der Waals surface area contributed by atoms with Crippen LogP contribution in [-0.4, -0.2) is 24.5 Å². The summed E-state index contributed by atoms with van der Waals surface area (Å²) in [6.45, 7) is 0.513. The number of aromatic amines is 1. The van der Waals surface area contributed by atoms with E-state index >= 15 is 0 Å². The van der Waals surface area contributed by atoms with Crippen LogP contribution in [0, 0.1) is 0 Å². The topological polar surface area (TPSA) is 54.1 Å². The molecule has 0 aliphatic carbocycles. The van der Waals surface area contributed by atoms with Crippen LogP contribution in [0.4, 0.5) is 0 Å². The number of amides is 1. The van der Waals surface area contributed by atoms with Crippen molar-refractivity contribution in [2.75, 3.05) is 13.7 Å². The first-order valence-corrected chi connectivity index (χ1v) is 9.66. The van der Waals surface area contributed by atoms with Crippen LogP contribution >= 0.6 is 11.3 Å². The van der Waals surface area contributed by atoms with Gasteiger partial charge in [0.05, 0.1) is 12.7 Å². The van der Waals surface area contributed by atoms with E-state index in [1.165, 1.54) is 15.8 Å². The van der Waals surface area contributed by atoms with E-state index in [4.69, 9.17) is 4.74 Å². The quantitative estimate of drug-likeness (QED) is 0.508. The highest BCUT2D eigenvalue weighted by Gasteiger charge is 2.21. The molecule has 2 heterocycles. The number of methoxy groups -OCH3 is 1. The highest BCUT2D eigenvalue weighted by Crippen LogP contribution is 2.33. The van der Waals surface area contributed by atoms with Gasteiger partial charge in [0.1, 0.15) is 5.75 Å². The number of hydrogen-bond donors (Lipinski definition) is 2. The van der Waals surface area contributed by atoms with Crippen molar-refractivity contribution in [1.29, 1.82) is 0 Å². The molecule has 1 amide bonds. The lowest BCUT2D eigenvalue weighted by atomic mass is 9.96. The number of para-hydroxylation sites is 2. The minimum absolute atomic E-state index is 0.0832. The van der Waals surface area contributed by atoms with E-state index in [2.05, 4.69) is 33.9 Å². The number of rotatable bonds is 6. The van der Waals surface area contributed by atoms with Gasteiger partial charge in [-0.15, -0.1) is 11.3 Å². The molecular weight excluding hydrogens is 356 g/mol. The highest BCUT2D eigenvalue weighted by atomic mass is 32.1. The number of benzene rings is 2. The summed E-state index contributed by atoms with van der Waals surface area (Å²) < 4.78 is 5.31. The third-order valence-electron chi connectivity index (χ3n) is 4.70. The third kappa shape index (κ3) is 3.46. The summed E-state index contributed by atoms with van der Waals surface area (Å²) in [6, 6.07) is 19.7. The molecule has 0 aliphatic heterocycles. The second kappa shape index (κ2) is 7.68. The van der Waals surface area contributed by atoms with Gasteiger partial charge >= 0.3 is 0 Å². The summed E-state index contributed by atoms with van der Waals surface area (Å²) in [7, 11) is 1.58. The maximum atomic E-state index is 12.7. The number of hydrogen-bond acceptors (Lipinski definition) is 3. The van der Waals surface area contributed by atoms with E-state index < -0.39 is 0 Å². The molecule has 4 nitrogen and oxygen atoms in total. The molecule has 5 heteroatoms. The Hall–Kier alpha value is -3.05. The van der Waals surface area contributed by atoms with Crippen molar-refractivity contribution in [1.82, 2.24) is 10.3 Å². The second-order valence-corrected chi connectivity index (χ2v) is 7.25. The molecule has 4 aromatic rings. The molecule has 2 N–H and O–H groups in total. The normalized spacial score (nSPS) is 12.0. The van der Waals surface area contributed by atoms with E-state index in [1.807, 2.05) is 36.5 Å². The molecule has 2 aromatic heterocycles. The molecule has 1 atom stereocenters. The van der Waals surface area contributed by atoms with E-state index in [9.17, 15) is 4.79 Å². The number of fused-ring (bicyclic) bond motifs is 1. The number of ether oxygens (including phenoxy) is 1. The summed E-state index contributed by atoms with van der Waals surface area (Å²) in [5.74, 6) is 0.531. The fourth-order valence-electron chi connectivity index (χ4n) is 3.36. The fraction of sp³-hybridized carbons (Fsp3) is 0.136. The first kappa shape index (κ1) is 17.4. The maximum absolute atomic E-state index is 12.7. The minimum Gasteiger partial charge on any atom is -0.496 e. The van der Waals surface area contributed by atoms with Gasteiger partial charge in [0, 0.05) is 34.4 Å². The van der Waals surface area contributed by atoms with Crippen LogP contribution in [0.3, 0.4) is 0 Å². The first-order chi connectivity index (χ1) is 13.3. The number of carbonyl (C=O) groups is 1. The van der Waals surface area contributed by atoms with Crippen molar-refractivity contribution in [2.45, 2.75) is 5.92 Å². The van der Waals surface area contributed by atoms with Crippen LogP contribution in [0.25, 0.3) is 10.9 Å². The number of carbonyl (C=O) groups excluding carboxylic acids is 1. The van der Waals surface area contributed by atoms with Crippen LogP contribution in [0.2, 0.25) is 0 Å². The zero-order chi connectivity index (χ0) is 18.6. The van der Waals surface area contributed by atoms with Crippen molar-refractivity contribution in [2.24, 2.45) is 0 Å². The Bertz CT molecular complexity index is 1050. The van der Waals surface area contributed by atoms with Gasteiger partial charge in [-0.05, 0) is 35.2 Å². The van der Waals surface area contributed by atoms with Gasteiger partial charge in [-0.3, -0.25) is 4.79 Å². The van der Waals surface area contributed by atoms with Crippen LogP contribution in [0.5, 0.6) is 5.75 Å². The van der Waals surface area contributed by atoms with Gasteiger partial charge in [0.15, 0.2) is 0 Å². The van der Waals surface area contributed by atoms with Crippen LogP contribution in [0.15, 0.2) is 72.2 Å². The van der Waals surface area contributed by atoms with Crippen molar-refractivity contribution in [3.8, 4) is 5.75 Å². The Balaban J connectivity index is 1.62. The molecule has 0 fully saturated rings. The van der Waals surface area contributed by atoms with Gasteiger partial charge in [0.25, 0.3) is 5.91 Å². The molecule has 2 aromatic carbocycles. The van der Waals surface area contributed by atoms with Crippen molar-refractivity contribution >= 4 is 28.1 Å². The summed E-state index contributed by atoms with van der Waals surface area (Å²) in [5, 5.41) is 6.34. The van der Waals surface area contributed by atoms with Gasteiger partial charge < -0.3 is 15.0 Å². The average Bonchev–Trinajstić information content (AvgIpc) is 3.39. The fourth-order valence-corrected chi connectivity index (χ4v) is 4.20. The van der Waals surface area contributed by atoms with Crippen molar-refractivity contribution in [3.63, 3.8) is 0 Å². The lowest BCUT2D eigenvalue weighted by Gasteiger charge is -2.17. The van der Waals surface area contributed by atoms with Gasteiger partial charge in [-0.2, -0.15) is 0 Å². The number of H-pyrrole nitrogens is 1. The lowest BCUT2D eigenvalue weighted by Crippen LogP contribution is -2.28. The molecule has 136 valence electrons. The summed E-state index contributed by atoms with van der Waals surface area (Å²) in [5.41, 5.74) is 2.84. The number of nitrogens with one attached hydrogen (secondary N) is 2. The monoisotopic (exact) mass is 376 g/mol. The largest absolute Gasteiger partial charge is 0.496 e. The smallest absolute Gasteiger partial charge is 0.255 e. The molecule has 0 radical (unpaired) electrons. The maximum Gasteiger partial charge on any atom is 0.255 e. The molecule has 0 aliphatic rings. The Labute approximate surface area is 161 Å².